The lowest BCUT2D eigenvalue weighted by atomic mass is 9.95. The molecule has 0 aromatic carbocycles. The highest BCUT2D eigenvalue weighted by Crippen LogP contribution is 2.22. The number of ether oxygens (including phenoxy) is 2. The van der Waals surface area contributed by atoms with Crippen molar-refractivity contribution < 1.29 is 19.1 Å². The zero-order valence-electron chi connectivity index (χ0n) is 37.3. The average Bonchev–Trinajstić information content (AvgIpc) is 3.17. The van der Waals surface area contributed by atoms with Gasteiger partial charge in [0.25, 0.3) is 0 Å². The molecule has 0 saturated heterocycles. The summed E-state index contributed by atoms with van der Waals surface area (Å²) >= 11 is 0. The molecule has 0 bridgehead atoms. The van der Waals surface area contributed by atoms with Crippen LogP contribution in [0.25, 0.3) is 0 Å². The van der Waals surface area contributed by atoms with E-state index in [-0.39, 0.29) is 11.9 Å². The molecular weight excluding hydrogens is 655 g/mol. The van der Waals surface area contributed by atoms with Crippen LogP contribution in [0.2, 0.25) is 0 Å². The molecule has 0 aromatic heterocycles. The van der Waals surface area contributed by atoms with Crippen molar-refractivity contribution in [2.24, 2.45) is 11.8 Å². The third-order valence-corrected chi connectivity index (χ3v) is 11.1. The topological polar surface area (TPSA) is 64.6 Å². The van der Waals surface area contributed by atoms with Crippen molar-refractivity contribution in [1.29, 1.82) is 0 Å². The van der Waals surface area contributed by atoms with Crippen molar-refractivity contribution in [3.63, 3.8) is 0 Å². The Balaban J connectivity index is 0. The quantitative estimate of drug-likeness (QED) is 0.0498. The number of nitrogens with one attached hydrogen (secondary N) is 1. The van der Waals surface area contributed by atoms with Crippen LogP contribution in [0.5, 0.6) is 0 Å². The first kappa shape index (κ1) is 54.0. The van der Waals surface area contributed by atoms with Gasteiger partial charge in [-0.15, -0.1) is 0 Å². The monoisotopic (exact) mass is 752 g/mol. The van der Waals surface area contributed by atoms with Crippen molar-refractivity contribution in [3.05, 3.63) is 0 Å². The second-order valence-electron chi connectivity index (χ2n) is 16.1. The lowest BCUT2D eigenvalue weighted by molar-refractivity contribution is -0.146. The van der Waals surface area contributed by atoms with E-state index in [1.807, 2.05) is 13.8 Å². The highest BCUT2D eigenvalue weighted by atomic mass is 16.5. The Bertz CT molecular complexity index is 670. The summed E-state index contributed by atoms with van der Waals surface area (Å²) in [6.07, 6.45) is 40.7. The van der Waals surface area contributed by atoms with E-state index in [0.29, 0.717) is 43.9 Å². The first-order chi connectivity index (χ1) is 26.0. The molecule has 0 radical (unpaired) electrons. The van der Waals surface area contributed by atoms with Gasteiger partial charge < -0.3 is 14.8 Å². The molecule has 0 heterocycles. The standard InChI is InChI=1S/C46H91NO4.C2H6/c1-6-10-14-18-20-26-34-42(32-24-16-12-8-3)40-50-45(48)38-30-22-28-36-44(47-5)37-29-23-31-39-46(49)51-41-43(33-25-17-13-9-4)35-27-21-19-15-11-7-2;1-2/h42-44,47H,6-41H2,1-5H3;1-2H3. The maximum atomic E-state index is 12.5. The Kier molecular flexibility index (Phi) is 46.1. The van der Waals surface area contributed by atoms with Crippen LogP contribution in [-0.2, 0) is 19.1 Å². The summed E-state index contributed by atoms with van der Waals surface area (Å²) < 4.78 is 11.6. The fourth-order valence-corrected chi connectivity index (χ4v) is 7.44. The molecule has 0 aliphatic heterocycles. The van der Waals surface area contributed by atoms with Gasteiger partial charge >= 0.3 is 11.9 Å². The first-order valence-electron chi connectivity index (χ1n) is 24.0. The van der Waals surface area contributed by atoms with E-state index in [4.69, 9.17) is 9.47 Å². The van der Waals surface area contributed by atoms with Crippen LogP contribution in [0.15, 0.2) is 0 Å². The van der Waals surface area contributed by atoms with Crippen LogP contribution in [0, 0.1) is 11.8 Å². The predicted octanol–water partition coefficient (Wildman–Crippen LogP) is 15.3. The Morgan fingerprint density at radius 1 is 0.396 bits per heavy atom. The van der Waals surface area contributed by atoms with Gasteiger partial charge in [-0.3, -0.25) is 9.59 Å². The molecule has 0 aromatic rings. The highest BCUT2D eigenvalue weighted by Gasteiger charge is 2.14. The molecule has 318 valence electrons. The molecule has 2 unspecified atom stereocenters. The zero-order chi connectivity index (χ0) is 39.5. The van der Waals surface area contributed by atoms with E-state index in [9.17, 15) is 9.59 Å². The minimum atomic E-state index is 0.000460. The number of rotatable bonds is 41. The normalized spacial score (nSPS) is 12.9. The van der Waals surface area contributed by atoms with Gasteiger partial charge in [0.1, 0.15) is 0 Å². The highest BCUT2D eigenvalue weighted by molar-refractivity contribution is 5.69. The maximum Gasteiger partial charge on any atom is 0.305 e. The third-order valence-electron chi connectivity index (χ3n) is 11.1. The molecule has 0 saturated carbocycles. The van der Waals surface area contributed by atoms with Crippen LogP contribution in [0.1, 0.15) is 260 Å². The summed E-state index contributed by atoms with van der Waals surface area (Å²) in [4.78, 5) is 25.1. The zero-order valence-corrected chi connectivity index (χ0v) is 37.3. The van der Waals surface area contributed by atoms with Crippen LogP contribution in [-0.4, -0.2) is 38.2 Å². The number of esters is 2. The molecule has 0 amide bonds. The number of carbonyl (C=O) groups is 2. The van der Waals surface area contributed by atoms with Gasteiger partial charge in [-0.2, -0.15) is 0 Å². The van der Waals surface area contributed by atoms with E-state index in [2.05, 4.69) is 40.1 Å². The third kappa shape index (κ3) is 40.4. The minimum Gasteiger partial charge on any atom is -0.465 e. The molecule has 0 rings (SSSR count). The molecule has 5 nitrogen and oxygen atoms in total. The van der Waals surface area contributed by atoms with E-state index >= 15 is 0 Å². The van der Waals surface area contributed by atoms with Crippen molar-refractivity contribution >= 4 is 11.9 Å². The van der Waals surface area contributed by atoms with Crippen LogP contribution in [0.4, 0.5) is 0 Å². The van der Waals surface area contributed by atoms with Gasteiger partial charge in [-0.05, 0) is 70.3 Å². The Hall–Kier alpha value is -1.10. The summed E-state index contributed by atoms with van der Waals surface area (Å²) in [6, 6.07) is 0.509. The molecule has 1 N–H and O–H groups in total. The number of carbonyl (C=O) groups excluding carboxylic acids is 2. The van der Waals surface area contributed by atoms with Crippen LogP contribution < -0.4 is 5.32 Å². The van der Waals surface area contributed by atoms with Crippen molar-refractivity contribution in [1.82, 2.24) is 5.32 Å². The second-order valence-corrected chi connectivity index (χ2v) is 16.1. The summed E-state index contributed by atoms with van der Waals surface area (Å²) in [5, 5.41) is 3.49. The van der Waals surface area contributed by atoms with Gasteiger partial charge in [0.05, 0.1) is 13.2 Å². The lowest BCUT2D eigenvalue weighted by Gasteiger charge is -2.18. The fourth-order valence-electron chi connectivity index (χ4n) is 7.44. The molecular formula is C48H97NO4. The summed E-state index contributed by atoms with van der Waals surface area (Å²) in [5.74, 6) is 1.08. The summed E-state index contributed by atoms with van der Waals surface area (Å²) in [7, 11) is 2.06. The summed E-state index contributed by atoms with van der Waals surface area (Å²) in [5.41, 5.74) is 0. The van der Waals surface area contributed by atoms with Gasteiger partial charge in [-0.1, -0.05) is 196 Å². The van der Waals surface area contributed by atoms with Gasteiger partial charge in [0.2, 0.25) is 0 Å². The van der Waals surface area contributed by atoms with Crippen molar-refractivity contribution in [2.45, 2.75) is 266 Å². The van der Waals surface area contributed by atoms with E-state index in [1.54, 1.807) is 0 Å². The van der Waals surface area contributed by atoms with Gasteiger partial charge in [-0.25, -0.2) is 0 Å². The van der Waals surface area contributed by atoms with Crippen molar-refractivity contribution in [2.75, 3.05) is 20.3 Å². The van der Waals surface area contributed by atoms with Crippen molar-refractivity contribution in [3.8, 4) is 0 Å². The maximum absolute atomic E-state index is 12.5. The smallest absolute Gasteiger partial charge is 0.305 e. The molecule has 53 heavy (non-hydrogen) atoms. The first-order valence-corrected chi connectivity index (χ1v) is 24.0. The molecule has 0 fully saturated rings. The van der Waals surface area contributed by atoms with E-state index < -0.39 is 0 Å². The van der Waals surface area contributed by atoms with Crippen LogP contribution in [0.3, 0.4) is 0 Å². The predicted molar refractivity (Wildman–Crippen MR) is 233 cm³/mol. The molecule has 0 aliphatic carbocycles. The number of unbranched alkanes of at least 4 members (excludes halogenated alkanes) is 20. The van der Waals surface area contributed by atoms with E-state index in [1.165, 1.54) is 154 Å². The largest absolute Gasteiger partial charge is 0.465 e. The molecule has 2 atom stereocenters. The van der Waals surface area contributed by atoms with Crippen LogP contribution >= 0.6 is 0 Å². The van der Waals surface area contributed by atoms with Gasteiger partial charge in [0.15, 0.2) is 0 Å². The van der Waals surface area contributed by atoms with E-state index in [0.717, 1.165) is 51.4 Å². The second kappa shape index (κ2) is 45.3. The fraction of sp³-hybridized carbons (Fsp3) is 0.958. The molecule has 0 spiro atoms. The Morgan fingerprint density at radius 3 is 0.981 bits per heavy atom. The lowest BCUT2D eigenvalue weighted by Crippen LogP contribution is -2.24. The van der Waals surface area contributed by atoms with Gasteiger partial charge in [0, 0.05) is 18.9 Å². The SMILES string of the molecule is CC.CCCCCCCCC(CCCCCC)COC(=O)CCCCCC(CCCCCC(=O)OCC(CCCCCC)CCCCCCCC)NC. The molecule has 0 aliphatic rings. The molecule has 5 heteroatoms. The summed E-state index contributed by atoms with van der Waals surface area (Å²) in [6.45, 7) is 14.3. The number of hydrogen-bond acceptors (Lipinski definition) is 5. The number of hydrogen-bond donors (Lipinski definition) is 1. The average molecular weight is 752 g/mol. The Morgan fingerprint density at radius 2 is 0.660 bits per heavy atom. The minimum absolute atomic E-state index is 0.000460. The Labute approximate surface area is 333 Å².